The molecule has 0 aliphatic rings. The Labute approximate surface area is 95.4 Å². The van der Waals surface area contributed by atoms with Crippen LogP contribution in [0.15, 0.2) is 53.3 Å². The van der Waals surface area contributed by atoms with Crippen LogP contribution in [0.4, 0.5) is 0 Å². The Morgan fingerprint density at radius 3 is 1.81 bits per heavy atom. The molecule has 0 radical (unpaired) electrons. The van der Waals surface area contributed by atoms with Gasteiger partial charge in [0.1, 0.15) is 0 Å². The second kappa shape index (κ2) is 4.31. The molecule has 0 N–H and O–H groups in total. The van der Waals surface area contributed by atoms with Crippen LogP contribution in [0.5, 0.6) is 0 Å². The minimum absolute atomic E-state index is 0.0818. The van der Waals surface area contributed by atoms with Gasteiger partial charge in [-0.1, -0.05) is 48.0 Å². The molecule has 1 nitrogen and oxygen atoms in total. The fourth-order valence-corrected chi connectivity index (χ4v) is 1.59. The smallest absolute Gasteiger partial charge is 0.181 e. The van der Waals surface area contributed by atoms with Crippen LogP contribution in [0.1, 0.15) is 11.1 Å². The quantitative estimate of drug-likeness (QED) is 0.705. The van der Waals surface area contributed by atoms with Gasteiger partial charge >= 0.3 is 0 Å². The average Bonchev–Trinajstić information content (AvgIpc) is 2.44. The van der Waals surface area contributed by atoms with Crippen molar-refractivity contribution in [3.05, 3.63) is 69.9 Å². The van der Waals surface area contributed by atoms with Crippen LogP contribution in [0.3, 0.4) is 0 Å². The summed E-state index contributed by atoms with van der Waals surface area (Å²) in [5, 5.41) is 0. The first kappa shape index (κ1) is 10.6. The summed E-state index contributed by atoms with van der Waals surface area (Å²) in [4.78, 5) is 11.5. The molecular weight excluding hydrogens is 196 g/mol. The summed E-state index contributed by atoms with van der Waals surface area (Å²) >= 11 is 0. The molecular formula is C15H14O. The predicted molar refractivity (Wildman–Crippen MR) is 67.6 cm³/mol. The highest BCUT2D eigenvalue weighted by atomic mass is 16.1. The summed E-state index contributed by atoms with van der Waals surface area (Å²) in [6, 6.07) is 15.7. The third-order valence-corrected chi connectivity index (χ3v) is 2.70. The molecule has 2 rings (SSSR count). The van der Waals surface area contributed by atoms with E-state index >= 15 is 0 Å². The van der Waals surface area contributed by atoms with Crippen LogP contribution in [0.25, 0.3) is 11.1 Å². The zero-order valence-corrected chi connectivity index (χ0v) is 9.53. The summed E-state index contributed by atoms with van der Waals surface area (Å²) in [5.74, 6) is 0. The minimum atomic E-state index is 0.0818. The van der Waals surface area contributed by atoms with Gasteiger partial charge in [-0.25, -0.2) is 0 Å². The van der Waals surface area contributed by atoms with Gasteiger partial charge < -0.3 is 0 Å². The second-order valence-electron chi connectivity index (χ2n) is 4.04. The Morgan fingerprint density at radius 1 is 0.688 bits per heavy atom. The molecule has 80 valence electrons. The van der Waals surface area contributed by atoms with Crippen molar-refractivity contribution in [1.82, 2.24) is 0 Å². The number of hydrogen-bond donors (Lipinski definition) is 0. The van der Waals surface area contributed by atoms with E-state index in [1.807, 2.05) is 25.1 Å². The maximum absolute atomic E-state index is 11.5. The number of rotatable bonds is 1. The van der Waals surface area contributed by atoms with E-state index in [9.17, 15) is 4.79 Å². The van der Waals surface area contributed by atoms with E-state index in [2.05, 4.69) is 31.2 Å². The maximum Gasteiger partial charge on any atom is 0.181 e. The van der Waals surface area contributed by atoms with Gasteiger partial charge in [0.15, 0.2) is 5.43 Å². The third kappa shape index (κ3) is 2.19. The van der Waals surface area contributed by atoms with Crippen molar-refractivity contribution in [1.29, 1.82) is 0 Å². The summed E-state index contributed by atoms with van der Waals surface area (Å²) in [5.41, 5.74) is 4.31. The molecule has 0 unspecified atom stereocenters. The lowest BCUT2D eigenvalue weighted by Crippen LogP contribution is -1.96. The van der Waals surface area contributed by atoms with Crippen LogP contribution in [-0.4, -0.2) is 0 Å². The van der Waals surface area contributed by atoms with Crippen molar-refractivity contribution in [2.45, 2.75) is 13.8 Å². The first-order valence-corrected chi connectivity index (χ1v) is 5.35. The van der Waals surface area contributed by atoms with E-state index in [1.54, 1.807) is 6.07 Å². The Morgan fingerprint density at radius 2 is 1.19 bits per heavy atom. The lowest BCUT2D eigenvalue weighted by molar-refractivity contribution is 1.43. The molecule has 0 spiro atoms. The molecule has 0 amide bonds. The Bertz CT molecular complexity index is 553. The van der Waals surface area contributed by atoms with Gasteiger partial charge in [0.05, 0.1) is 0 Å². The summed E-state index contributed by atoms with van der Waals surface area (Å²) in [6.45, 7) is 3.90. The molecule has 2 aromatic rings. The van der Waals surface area contributed by atoms with Crippen molar-refractivity contribution < 1.29 is 0 Å². The van der Waals surface area contributed by atoms with Gasteiger partial charge in [0.25, 0.3) is 0 Å². The molecule has 0 atom stereocenters. The third-order valence-electron chi connectivity index (χ3n) is 2.70. The summed E-state index contributed by atoms with van der Waals surface area (Å²) < 4.78 is 0. The molecule has 0 aromatic heterocycles. The van der Waals surface area contributed by atoms with Crippen molar-refractivity contribution >= 4 is 0 Å². The van der Waals surface area contributed by atoms with E-state index in [4.69, 9.17) is 0 Å². The van der Waals surface area contributed by atoms with E-state index in [1.165, 1.54) is 5.56 Å². The van der Waals surface area contributed by atoms with Crippen molar-refractivity contribution in [3.8, 4) is 11.1 Å². The molecule has 16 heavy (non-hydrogen) atoms. The normalized spacial score (nSPS) is 10.1. The van der Waals surface area contributed by atoms with E-state index in [-0.39, 0.29) is 5.43 Å². The zero-order chi connectivity index (χ0) is 11.5. The first-order chi connectivity index (χ1) is 7.66. The standard InChI is InChI=1S/C15H14O/c1-11-3-6-13(7-4-11)14-8-5-12(2)15(16)10-9-14/h3-10H,1-2H3. The summed E-state index contributed by atoms with van der Waals surface area (Å²) in [6.07, 6.45) is 0. The molecule has 2 aromatic carbocycles. The highest BCUT2D eigenvalue weighted by molar-refractivity contribution is 5.63. The fraction of sp³-hybridized carbons (Fsp3) is 0.133. The average molecular weight is 210 g/mol. The highest BCUT2D eigenvalue weighted by Gasteiger charge is 1.96. The lowest BCUT2D eigenvalue weighted by atomic mass is 10.1. The van der Waals surface area contributed by atoms with Gasteiger partial charge in [-0.15, -0.1) is 0 Å². The van der Waals surface area contributed by atoms with Crippen LogP contribution >= 0.6 is 0 Å². The largest absolute Gasteiger partial charge is 0.290 e. The second-order valence-corrected chi connectivity index (χ2v) is 4.04. The van der Waals surface area contributed by atoms with E-state index < -0.39 is 0 Å². The van der Waals surface area contributed by atoms with Crippen molar-refractivity contribution in [2.24, 2.45) is 0 Å². The molecule has 0 heterocycles. The van der Waals surface area contributed by atoms with Crippen LogP contribution in [0.2, 0.25) is 0 Å². The molecule has 0 aliphatic heterocycles. The molecule has 0 fully saturated rings. The lowest BCUT2D eigenvalue weighted by Gasteiger charge is -1.99. The topological polar surface area (TPSA) is 17.1 Å². The SMILES string of the molecule is Cc1ccc(-c2ccc(C)c(=O)cc2)cc1. The Balaban J connectivity index is 2.53. The van der Waals surface area contributed by atoms with Crippen LogP contribution in [-0.2, 0) is 0 Å². The fourth-order valence-electron chi connectivity index (χ4n) is 1.59. The Kier molecular flexibility index (Phi) is 2.86. The molecule has 0 saturated carbocycles. The first-order valence-electron chi connectivity index (χ1n) is 5.35. The van der Waals surface area contributed by atoms with Gasteiger partial charge in [-0.05, 0) is 36.6 Å². The van der Waals surface area contributed by atoms with Gasteiger partial charge in [0.2, 0.25) is 0 Å². The van der Waals surface area contributed by atoms with Gasteiger partial charge in [-0.3, -0.25) is 4.79 Å². The number of benzene rings is 1. The molecule has 0 aliphatic carbocycles. The van der Waals surface area contributed by atoms with Crippen molar-refractivity contribution in [2.75, 3.05) is 0 Å². The maximum atomic E-state index is 11.5. The minimum Gasteiger partial charge on any atom is -0.290 e. The van der Waals surface area contributed by atoms with Gasteiger partial charge in [0, 0.05) is 0 Å². The van der Waals surface area contributed by atoms with Gasteiger partial charge in [-0.2, -0.15) is 0 Å². The number of hydrogen-bond acceptors (Lipinski definition) is 1. The highest BCUT2D eigenvalue weighted by Crippen LogP contribution is 2.18. The zero-order valence-electron chi connectivity index (χ0n) is 9.53. The number of aryl methyl sites for hydroxylation is 2. The monoisotopic (exact) mass is 210 g/mol. The van der Waals surface area contributed by atoms with E-state index in [0.717, 1.165) is 16.7 Å². The molecule has 0 bridgehead atoms. The van der Waals surface area contributed by atoms with Crippen molar-refractivity contribution in [3.63, 3.8) is 0 Å². The van der Waals surface area contributed by atoms with E-state index in [0.29, 0.717) is 0 Å². The molecule has 0 saturated heterocycles. The molecule has 1 heteroatoms. The Hall–Kier alpha value is -1.89. The predicted octanol–water partition coefficient (Wildman–Crippen LogP) is 3.33. The summed E-state index contributed by atoms with van der Waals surface area (Å²) in [7, 11) is 0. The van der Waals surface area contributed by atoms with Crippen LogP contribution < -0.4 is 5.43 Å². The van der Waals surface area contributed by atoms with Crippen LogP contribution in [0, 0.1) is 13.8 Å².